The lowest BCUT2D eigenvalue weighted by molar-refractivity contribution is 0.0951. The fraction of sp³-hybridized carbons (Fsp3) is 0.316. The Morgan fingerprint density at radius 2 is 1.62 bits per heavy atom. The Balaban J connectivity index is 1.54. The molecular formula is C19H22ClN3O. The summed E-state index contributed by atoms with van der Waals surface area (Å²) in [5, 5.41) is 3.57. The van der Waals surface area contributed by atoms with E-state index in [0.29, 0.717) is 17.1 Å². The zero-order chi connectivity index (χ0) is 16.9. The summed E-state index contributed by atoms with van der Waals surface area (Å²) in [6, 6.07) is 15.3. The van der Waals surface area contributed by atoms with E-state index in [1.165, 1.54) is 5.69 Å². The molecule has 1 amide bonds. The summed E-state index contributed by atoms with van der Waals surface area (Å²) in [6.07, 6.45) is 0. The number of rotatable bonds is 4. The molecule has 2 aromatic rings. The summed E-state index contributed by atoms with van der Waals surface area (Å²) in [7, 11) is 2.16. The van der Waals surface area contributed by atoms with Gasteiger partial charge in [0.2, 0.25) is 0 Å². The van der Waals surface area contributed by atoms with Crippen LogP contribution >= 0.6 is 11.6 Å². The summed E-state index contributed by atoms with van der Waals surface area (Å²) in [5.74, 6) is -0.0881. The monoisotopic (exact) mass is 343 g/mol. The van der Waals surface area contributed by atoms with Gasteiger partial charge in [0.15, 0.2) is 0 Å². The average Bonchev–Trinajstić information content (AvgIpc) is 2.61. The molecule has 2 aromatic carbocycles. The van der Waals surface area contributed by atoms with Crippen molar-refractivity contribution in [3.05, 3.63) is 64.7 Å². The second-order valence-corrected chi connectivity index (χ2v) is 6.58. The molecule has 0 saturated carbocycles. The van der Waals surface area contributed by atoms with Crippen LogP contribution in [0.15, 0.2) is 48.5 Å². The van der Waals surface area contributed by atoms with E-state index in [0.717, 1.165) is 31.7 Å². The third-order valence-electron chi connectivity index (χ3n) is 4.36. The van der Waals surface area contributed by atoms with Gasteiger partial charge in [-0.05, 0) is 49.0 Å². The Bertz CT molecular complexity index is 677. The van der Waals surface area contributed by atoms with Crippen LogP contribution < -0.4 is 10.2 Å². The van der Waals surface area contributed by atoms with Crippen LogP contribution in [0.2, 0.25) is 5.02 Å². The van der Waals surface area contributed by atoms with E-state index in [1.54, 1.807) is 24.3 Å². The van der Waals surface area contributed by atoms with Gasteiger partial charge < -0.3 is 15.1 Å². The molecule has 3 rings (SSSR count). The van der Waals surface area contributed by atoms with Crippen LogP contribution in [-0.4, -0.2) is 44.0 Å². The Labute approximate surface area is 148 Å². The van der Waals surface area contributed by atoms with Crippen molar-refractivity contribution in [2.24, 2.45) is 0 Å². The van der Waals surface area contributed by atoms with E-state index in [1.807, 2.05) is 0 Å². The normalized spacial score (nSPS) is 15.3. The number of halogens is 1. The second-order valence-electron chi connectivity index (χ2n) is 6.15. The first-order valence-corrected chi connectivity index (χ1v) is 8.56. The maximum atomic E-state index is 12.1. The number of amides is 1. The molecule has 126 valence electrons. The zero-order valence-electron chi connectivity index (χ0n) is 13.8. The molecule has 1 heterocycles. The molecule has 0 bridgehead atoms. The van der Waals surface area contributed by atoms with E-state index in [9.17, 15) is 4.79 Å². The summed E-state index contributed by atoms with van der Waals surface area (Å²) in [6.45, 7) is 4.83. The van der Waals surface area contributed by atoms with Gasteiger partial charge in [0.05, 0.1) is 0 Å². The number of anilines is 1. The largest absolute Gasteiger partial charge is 0.369 e. The number of hydrogen-bond donors (Lipinski definition) is 1. The highest BCUT2D eigenvalue weighted by atomic mass is 35.5. The minimum absolute atomic E-state index is 0.0881. The van der Waals surface area contributed by atoms with Crippen molar-refractivity contribution < 1.29 is 4.79 Å². The van der Waals surface area contributed by atoms with Gasteiger partial charge >= 0.3 is 0 Å². The molecule has 0 aliphatic carbocycles. The molecule has 1 aliphatic heterocycles. The van der Waals surface area contributed by atoms with Crippen LogP contribution in [0.1, 0.15) is 15.9 Å². The topological polar surface area (TPSA) is 35.6 Å². The lowest BCUT2D eigenvalue weighted by Crippen LogP contribution is -2.44. The van der Waals surface area contributed by atoms with E-state index in [-0.39, 0.29) is 5.91 Å². The van der Waals surface area contributed by atoms with Gasteiger partial charge in [0.1, 0.15) is 0 Å². The summed E-state index contributed by atoms with van der Waals surface area (Å²) < 4.78 is 0. The number of nitrogens with one attached hydrogen (secondary N) is 1. The minimum atomic E-state index is -0.0881. The van der Waals surface area contributed by atoms with Crippen molar-refractivity contribution in [1.82, 2.24) is 10.2 Å². The highest BCUT2D eigenvalue weighted by Gasteiger charge is 2.14. The molecule has 1 saturated heterocycles. The number of nitrogens with zero attached hydrogens (tertiary/aromatic N) is 2. The average molecular weight is 344 g/mol. The number of carbonyl (C=O) groups excluding carboxylic acids is 1. The summed E-state index contributed by atoms with van der Waals surface area (Å²) in [5.41, 5.74) is 2.96. The lowest BCUT2D eigenvalue weighted by atomic mass is 10.1. The molecule has 0 spiro atoms. The van der Waals surface area contributed by atoms with Gasteiger partial charge in [-0.2, -0.15) is 0 Å². The zero-order valence-corrected chi connectivity index (χ0v) is 14.6. The lowest BCUT2D eigenvalue weighted by Gasteiger charge is -2.34. The molecular weight excluding hydrogens is 322 g/mol. The fourth-order valence-electron chi connectivity index (χ4n) is 2.77. The molecule has 1 fully saturated rings. The SMILES string of the molecule is CN1CCN(c2ccc(CNC(=O)c3ccc(Cl)cc3)cc2)CC1. The van der Waals surface area contributed by atoms with E-state index in [2.05, 4.69) is 46.4 Å². The van der Waals surface area contributed by atoms with Gasteiger partial charge in [-0.3, -0.25) is 4.79 Å². The van der Waals surface area contributed by atoms with Crippen molar-refractivity contribution in [1.29, 1.82) is 0 Å². The van der Waals surface area contributed by atoms with Crippen molar-refractivity contribution in [3.63, 3.8) is 0 Å². The number of hydrogen-bond acceptors (Lipinski definition) is 3. The molecule has 5 heteroatoms. The Hall–Kier alpha value is -2.04. The number of benzene rings is 2. The highest BCUT2D eigenvalue weighted by molar-refractivity contribution is 6.30. The second kappa shape index (κ2) is 7.69. The number of carbonyl (C=O) groups is 1. The molecule has 4 nitrogen and oxygen atoms in total. The summed E-state index contributed by atoms with van der Waals surface area (Å²) in [4.78, 5) is 16.9. The first-order valence-electron chi connectivity index (χ1n) is 8.18. The van der Waals surface area contributed by atoms with Gasteiger partial charge in [-0.15, -0.1) is 0 Å². The molecule has 1 N–H and O–H groups in total. The van der Waals surface area contributed by atoms with Crippen molar-refractivity contribution in [3.8, 4) is 0 Å². The van der Waals surface area contributed by atoms with E-state index < -0.39 is 0 Å². The molecule has 0 unspecified atom stereocenters. The molecule has 24 heavy (non-hydrogen) atoms. The van der Waals surface area contributed by atoms with Gasteiger partial charge in [0.25, 0.3) is 5.91 Å². The third kappa shape index (κ3) is 4.28. The van der Waals surface area contributed by atoms with Crippen LogP contribution in [0.25, 0.3) is 0 Å². The molecule has 1 aliphatic rings. The third-order valence-corrected chi connectivity index (χ3v) is 4.62. The standard InChI is InChI=1S/C19H22ClN3O/c1-22-10-12-23(13-11-22)18-8-2-15(3-9-18)14-21-19(24)16-4-6-17(20)7-5-16/h2-9H,10-14H2,1H3,(H,21,24). The smallest absolute Gasteiger partial charge is 0.251 e. The van der Waals surface area contributed by atoms with Gasteiger partial charge in [-0.25, -0.2) is 0 Å². The Kier molecular flexibility index (Phi) is 5.38. The van der Waals surface area contributed by atoms with Crippen LogP contribution in [0.5, 0.6) is 0 Å². The first-order chi connectivity index (χ1) is 11.6. The van der Waals surface area contributed by atoms with Crippen molar-refractivity contribution in [2.75, 3.05) is 38.1 Å². The predicted molar refractivity (Wildman–Crippen MR) is 98.8 cm³/mol. The molecule has 0 aromatic heterocycles. The maximum Gasteiger partial charge on any atom is 0.251 e. The van der Waals surface area contributed by atoms with Gasteiger partial charge in [-0.1, -0.05) is 23.7 Å². The van der Waals surface area contributed by atoms with Crippen LogP contribution in [0.4, 0.5) is 5.69 Å². The Morgan fingerprint density at radius 3 is 2.25 bits per heavy atom. The quantitative estimate of drug-likeness (QED) is 0.927. The van der Waals surface area contributed by atoms with Crippen molar-refractivity contribution >= 4 is 23.2 Å². The molecule has 0 radical (unpaired) electrons. The number of likely N-dealkylation sites (N-methyl/N-ethyl adjacent to an activating group) is 1. The summed E-state index contributed by atoms with van der Waals surface area (Å²) >= 11 is 5.84. The van der Waals surface area contributed by atoms with E-state index >= 15 is 0 Å². The highest BCUT2D eigenvalue weighted by Crippen LogP contribution is 2.17. The first kappa shape index (κ1) is 16.8. The molecule has 0 atom stereocenters. The van der Waals surface area contributed by atoms with Crippen LogP contribution in [0, 0.1) is 0 Å². The van der Waals surface area contributed by atoms with Crippen LogP contribution in [-0.2, 0) is 6.54 Å². The predicted octanol–water partition coefficient (Wildman–Crippen LogP) is 3.02. The maximum absolute atomic E-state index is 12.1. The van der Waals surface area contributed by atoms with E-state index in [4.69, 9.17) is 11.6 Å². The minimum Gasteiger partial charge on any atom is -0.369 e. The van der Waals surface area contributed by atoms with Crippen molar-refractivity contribution in [2.45, 2.75) is 6.54 Å². The number of piperazine rings is 1. The fourth-order valence-corrected chi connectivity index (χ4v) is 2.90. The Morgan fingerprint density at radius 1 is 1.00 bits per heavy atom. The van der Waals surface area contributed by atoms with Gasteiger partial charge in [0, 0.05) is 49.0 Å². The van der Waals surface area contributed by atoms with Crippen LogP contribution in [0.3, 0.4) is 0 Å².